The number of aryl methyl sites for hydroxylation is 3. The van der Waals surface area contributed by atoms with Crippen LogP contribution in [0.25, 0.3) is 0 Å². The van der Waals surface area contributed by atoms with E-state index in [1.54, 1.807) is 6.07 Å². The highest BCUT2D eigenvalue weighted by Gasteiger charge is 2.71. The Balaban J connectivity index is 2.03. The van der Waals surface area contributed by atoms with Crippen LogP contribution < -0.4 is 5.32 Å². The first kappa shape index (κ1) is 24.5. The van der Waals surface area contributed by atoms with Crippen molar-refractivity contribution in [3.05, 3.63) is 76.4 Å². The minimum Gasteiger partial charge on any atom is -0.321 e. The third kappa shape index (κ3) is 4.05. The Labute approximate surface area is 186 Å². The van der Waals surface area contributed by atoms with Crippen LogP contribution in [0.2, 0.25) is 0 Å². The molecule has 0 radical (unpaired) electrons. The van der Waals surface area contributed by atoms with Gasteiger partial charge in [0.05, 0.1) is 0 Å². The molecule has 176 valence electrons. The van der Waals surface area contributed by atoms with E-state index in [1.165, 1.54) is 26.0 Å². The second kappa shape index (κ2) is 8.35. The number of fused-ring (bicyclic) bond motifs is 1. The van der Waals surface area contributed by atoms with Crippen molar-refractivity contribution in [1.29, 1.82) is 0 Å². The summed E-state index contributed by atoms with van der Waals surface area (Å²) < 4.78 is 83.8. The molecule has 0 fully saturated rings. The molecule has 1 aliphatic rings. The van der Waals surface area contributed by atoms with Crippen LogP contribution in [0.1, 0.15) is 56.3 Å². The zero-order valence-electron chi connectivity index (χ0n) is 17.9. The molecule has 3 rings (SSSR count). The summed E-state index contributed by atoms with van der Waals surface area (Å²) >= 11 is 0. The first-order valence-electron chi connectivity index (χ1n) is 10.1. The first-order valence-corrected chi connectivity index (χ1v) is 10.1. The summed E-state index contributed by atoms with van der Waals surface area (Å²) in [6.45, 7) is 5.48. The van der Waals surface area contributed by atoms with Gasteiger partial charge in [0.25, 0.3) is 11.6 Å². The lowest BCUT2D eigenvalue weighted by Gasteiger charge is -2.34. The molecule has 1 aliphatic carbocycles. The molecule has 3 nitrogen and oxygen atoms in total. The molecule has 2 aromatic rings. The predicted molar refractivity (Wildman–Crippen MR) is 112 cm³/mol. The van der Waals surface area contributed by atoms with Crippen LogP contribution >= 0.6 is 0 Å². The fourth-order valence-corrected chi connectivity index (χ4v) is 3.98. The predicted octanol–water partition coefficient (Wildman–Crippen LogP) is 6.49. The third-order valence-corrected chi connectivity index (χ3v) is 5.83. The molecule has 9 heteroatoms. The number of allylic oxidation sites excluding steroid dienone is 1. The second-order valence-corrected chi connectivity index (χ2v) is 7.91. The van der Waals surface area contributed by atoms with Gasteiger partial charge in [-0.15, -0.1) is 0 Å². The number of amides is 1. The van der Waals surface area contributed by atoms with Crippen LogP contribution in [-0.2, 0) is 18.5 Å². The van der Waals surface area contributed by atoms with Gasteiger partial charge >= 0.3 is 12.1 Å². The highest BCUT2D eigenvalue weighted by molar-refractivity contribution is 6.07. The number of benzene rings is 2. The number of hydrogen-bond donors (Lipinski definition) is 1. The smallest absolute Gasteiger partial charge is 0.321 e. The summed E-state index contributed by atoms with van der Waals surface area (Å²) in [5.74, 6) is -5.54. The zero-order valence-corrected chi connectivity index (χ0v) is 17.9. The van der Waals surface area contributed by atoms with Crippen molar-refractivity contribution in [3.8, 4) is 0 Å². The molecule has 1 atom stereocenters. The van der Waals surface area contributed by atoms with Gasteiger partial charge in [-0.2, -0.15) is 22.0 Å². The number of nitrogens with one attached hydrogen (secondary N) is 1. The number of anilines is 1. The van der Waals surface area contributed by atoms with E-state index in [0.29, 0.717) is 30.5 Å². The number of carbonyl (C=O) groups excluding carboxylic acids is 2. The summed E-state index contributed by atoms with van der Waals surface area (Å²) in [6.07, 6.45) is -5.40. The normalized spacial score (nSPS) is 15.7. The number of halogens is 6. The molecule has 2 aromatic carbocycles. The zero-order chi connectivity index (χ0) is 24.8. The van der Waals surface area contributed by atoms with Gasteiger partial charge in [-0.1, -0.05) is 25.6 Å². The van der Waals surface area contributed by atoms with Crippen LogP contribution in [0.15, 0.2) is 43.0 Å². The maximum absolute atomic E-state index is 15.1. The lowest BCUT2D eigenvalue weighted by atomic mass is 9.85. The number of Topliss-reactive ketones (excluding diaryl/α,β-unsaturated/α-hetero) is 1. The van der Waals surface area contributed by atoms with Gasteiger partial charge in [0.2, 0.25) is 0 Å². The molecule has 1 unspecified atom stereocenters. The average molecular weight is 469 g/mol. The van der Waals surface area contributed by atoms with Crippen LogP contribution in [0.5, 0.6) is 0 Å². The number of rotatable bonds is 6. The Hall–Kier alpha value is -3.10. The molecule has 0 aromatic heterocycles. The third-order valence-electron chi connectivity index (χ3n) is 5.83. The fraction of sp³-hybridized carbons (Fsp3) is 0.333. The molecule has 0 aliphatic heterocycles. The molecular weight excluding hydrogens is 448 g/mol. The van der Waals surface area contributed by atoms with Crippen LogP contribution in [-0.4, -0.2) is 23.8 Å². The van der Waals surface area contributed by atoms with E-state index in [9.17, 15) is 31.5 Å². The maximum Gasteiger partial charge on any atom is 0.433 e. The molecule has 0 heterocycles. The Morgan fingerprint density at radius 3 is 2.33 bits per heavy atom. The van der Waals surface area contributed by atoms with Crippen molar-refractivity contribution in [2.45, 2.75) is 50.9 Å². The summed E-state index contributed by atoms with van der Waals surface area (Å²) in [7, 11) is 0. The van der Waals surface area contributed by atoms with E-state index in [2.05, 4.69) is 11.9 Å². The highest BCUT2D eigenvalue weighted by Crippen LogP contribution is 2.53. The van der Waals surface area contributed by atoms with Crippen molar-refractivity contribution in [2.75, 3.05) is 5.32 Å². The number of carbonyl (C=O) groups is 2. The Morgan fingerprint density at radius 1 is 1.09 bits per heavy atom. The summed E-state index contributed by atoms with van der Waals surface area (Å²) in [4.78, 5) is 24.5. The van der Waals surface area contributed by atoms with Crippen molar-refractivity contribution >= 4 is 17.4 Å². The quantitative estimate of drug-likeness (QED) is 0.389. The molecule has 0 saturated heterocycles. The van der Waals surface area contributed by atoms with Crippen LogP contribution in [0.3, 0.4) is 0 Å². The molecule has 1 amide bonds. The van der Waals surface area contributed by atoms with Gasteiger partial charge in [0.1, 0.15) is 0 Å². The molecule has 1 N–H and O–H groups in total. The largest absolute Gasteiger partial charge is 0.433 e. The molecule has 0 saturated carbocycles. The molecular formula is C24H21F6NO2. The number of hydrogen-bond acceptors (Lipinski definition) is 2. The van der Waals surface area contributed by atoms with Gasteiger partial charge in [-0.25, -0.2) is 4.39 Å². The average Bonchev–Trinajstić information content (AvgIpc) is 3.13. The van der Waals surface area contributed by atoms with Gasteiger partial charge in [0.15, 0.2) is 5.78 Å². The van der Waals surface area contributed by atoms with E-state index in [0.717, 1.165) is 5.56 Å². The van der Waals surface area contributed by atoms with E-state index in [1.807, 2.05) is 0 Å². The second-order valence-electron chi connectivity index (χ2n) is 7.91. The summed E-state index contributed by atoms with van der Waals surface area (Å²) in [6, 6.07) is 5.89. The van der Waals surface area contributed by atoms with Gasteiger partial charge < -0.3 is 5.32 Å². The van der Waals surface area contributed by atoms with Crippen LogP contribution in [0.4, 0.5) is 32.0 Å². The molecule has 0 bridgehead atoms. The standard InChI is InChI=1S/C24H21F6NO2/c1-4-14-12-17(23(27,24(28,29)30)22(25,26)5-2)10-13(3)20(14)31-21(33)16-6-8-18-15(11-16)7-9-19(18)32/h5-6,8,10-12H,2,4,7,9H2,1,3H3,(H,31,33). The monoisotopic (exact) mass is 469 g/mol. The SMILES string of the molecule is C=CC(F)(F)C(F)(c1cc(C)c(NC(=O)c2ccc3c(c2)CCC3=O)c(CC)c1)C(F)(F)F. The summed E-state index contributed by atoms with van der Waals surface area (Å²) in [5.41, 5.74) is -4.64. The summed E-state index contributed by atoms with van der Waals surface area (Å²) in [5, 5.41) is 2.58. The Kier molecular flexibility index (Phi) is 6.21. The topological polar surface area (TPSA) is 46.2 Å². The van der Waals surface area contributed by atoms with E-state index < -0.39 is 29.2 Å². The maximum atomic E-state index is 15.1. The fourth-order valence-electron chi connectivity index (χ4n) is 3.98. The van der Waals surface area contributed by atoms with Gasteiger partial charge in [0, 0.05) is 28.8 Å². The van der Waals surface area contributed by atoms with Crippen molar-refractivity contribution in [3.63, 3.8) is 0 Å². The highest BCUT2D eigenvalue weighted by atomic mass is 19.4. The Morgan fingerprint density at radius 2 is 1.76 bits per heavy atom. The van der Waals surface area contributed by atoms with Crippen molar-refractivity contribution in [2.24, 2.45) is 0 Å². The van der Waals surface area contributed by atoms with E-state index in [-0.39, 0.29) is 40.7 Å². The van der Waals surface area contributed by atoms with E-state index in [4.69, 9.17) is 0 Å². The Bertz CT molecular complexity index is 1140. The van der Waals surface area contributed by atoms with Crippen molar-refractivity contribution in [1.82, 2.24) is 0 Å². The lowest BCUT2D eigenvalue weighted by molar-refractivity contribution is -0.296. The number of ketones is 1. The van der Waals surface area contributed by atoms with Gasteiger partial charge in [-0.3, -0.25) is 9.59 Å². The molecule has 0 spiro atoms. The number of alkyl halides is 6. The van der Waals surface area contributed by atoms with Crippen molar-refractivity contribution < 1.29 is 35.9 Å². The molecule has 33 heavy (non-hydrogen) atoms. The van der Waals surface area contributed by atoms with Gasteiger partial charge in [-0.05, 0) is 60.7 Å². The first-order chi connectivity index (χ1) is 15.3. The van der Waals surface area contributed by atoms with Crippen LogP contribution in [0, 0.1) is 6.92 Å². The minimum atomic E-state index is -5.92. The minimum absolute atomic E-state index is 0.0137. The lowest BCUT2D eigenvalue weighted by Crippen LogP contribution is -2.51. The van der Waals surface area contributed by atoms with E-state index >= 15 is 4.39 Å².